The van der Waals surface area contributed by atoms with Gasteiger partial charge in [0.1, 0.15) is 0 Å². The third-order valence-corrected chi connectivity index (χ3v) is 11.7. The zero-order chi connectivity index (χ0) is 43.7. The maximum Gasteiger partial charge on any atom is 0.220 e. The third-order valence-electron chi connectivity index (χ3n) is 11.7. The number of carbonyl (C=O) groups is 1. The minimum absolute atomic E-state index is 0. The average molecular weight is 853 g/mol. The van der Waals surface area contributed by atoms with E-state index in [-0.39, 0.29) is 26.5 Å². The maximum atomic E-state index is 12.2. The summed E-state index contributed by atoms with van der Waals surface area (Å²) >= 11 is 0. The highest BCUT2D eigenvalue weighted by Crippen LogP contribution is 2.15. The van der Waals surface area contributed by atoms with Crippen molar-refractivity contribution in [1.82, 2.24) is 5.32 Å². The van der Waals surface area contributed by atoms with E-state index in [1.807, 2.05) is 12.2 Å². The summed E-state index contributed by atoms with van der Waals surface area (Å²) in [5, 5.41) is 41.1. The lowest BCUT2D eigenvalue weighted by Crippen LogP contribution is -2.45. The van der Waals surface area contributed by atoms with Crippen molar-refractivity contribution in [3.05, 3.63) is 24.3 Å². The fourth-order valence-electron chi connectivity index (χ4n) is 7.53. The van der Waals surface area contributed by atoms with Crippen LogP contribution in [-0.4, -0.2) is 63.8 Å². The molecule has 0 aromatic heterocycles. The van der Waals surface area contributed by atoms with E-state index >= 15 is 0 Å². The van der Waals surface area contributed by atoms with Gasteiger partial charge in [0.25, 0.3) is 0 Å². The molecule has 0 saturated heterocycles. The Morgan fingerprint density at radius 3 is 1.03 bits per heavy atom. The highest BCUT2D eigenvalue weighted by molar-refractivity contribution is 5.76. The molecule has 0 aromatic carbocycles. The van der Waals surface area contributed by atoms with Gasteiger partial charge in [-0.2, -0.15) is 0 Å². The summed E-state index contributed by atoms with van der Waals surface area (Å²) in [7, 11) is 0. The summed E-state index contributed by atoms with van der Waals surface area (Å²) < 4.78 is 0. The first-order chi connectivity index (χ1) is 28.9. The normalized spacial score (nSPS) is 13.5. The second kappa shape index (κ2) is 53.9. The number of hydrogen-bond acceptors (Lipinski definition) is 6. The molecule has 7 heteroatoms. The SMILES string of the molecule is C.CCCCCCCCCCCCC/C=C/[C@@H](O)[C@@H](N)CO.CCCCCCCCCCCCC/C=C/[C@@H](O)[C@H](CO)NC(=O)CCCCCCCCCCCCCCC. The predicted octanol–water partition coefficient (Wildman–Crippen LogP) is 14.1. The van der Waals surface area contributed by atoms with Crippen molar-refractivity contribution in [2.24, 2.45) is 5.73 Å². The van der Waals surface area contributed by atoms with Crippen LogP contribution in [0.25, 0.3) is 0 Å². The molecule has 60 heavy (non-hydrogen) atoms. The van der Waals surface area contributed by atoms with Crippen LogP contribution in [0.4, 0.5) is 0 Å². The van der Waals surface area contributed by atoms with Gasteiger partial charge in [0.2, 0.25) is 5.91 Å². The third kappa shape index (κ3) is 49.4. The maximum absolute atomic E-state index is 12.2. The number of nitrogens with two attached hydrogens (primary N) is 1. The summed E-state index contributed by atoms with van der Waals surface area (Å²) in [5.74, 6) is -0.0649. The molecule has 1 amide bonds. The number of aliphatic hydroxyl groups is 4. The Hall–Kier alpha value is -1.25. The lowest BCUT2D eigenvalue weighted by Gasteiger charge is -2.20. The summed E-state index contributed by atoms with van der Waals surface area (Å²) in [6.45, 7) is 6.37. The number of nitrogens with one attached hydrogen (secondary N) is 1. The van der Waals surface area contributed by atoms with Crippen molar-refractivity contribution in [3.8, 4) is 0 Å². The van der Waals surface area contributed by atoms with Gasteiger partial charge in [0, 0.05) is 6.42 Å². The van der Waals surface area contributed by atoms with Crippen molar-refractivity contribution in [2.75, 3.05) is 13.2 Å². The van der Waals surface area contributed by atoms with Gasteiger partial charge in [-0.25, -0.2) is 0 Å². The lowest BCUT2D eigenvalue weighted by atomic mass is 10.0. The summed E-state index contributed by atoms with van der Waals surface area (Å²) in [4.78, 5) is 12.2. The van der Waals surface area contributed by atoms with E-state index in [4.69, 9.17) is 10.8 Å². The molecule has 0 aliphatic carbocycles. The van der Waals surface area contributed by atoms with E-state index in [9.17, 15) is 20.1 Å². The van der Waals surface area contributed by atoms with E-state index in [1.54, 1.807) is 12.2 Å². The van der Waals surface area contributed by atoms with E-state index in [1.165, 1.54) is 205 Å². The number of rotatable bonds is 45. The second-order valence-corrected chi connectivity index (χ2v) is 17.7. The second-order valence-electron chi connectivity index (χ2n) is 17.7. The van der Waals surface area contributed by atoms with Crippen molar-refractivity contribution in [1.29, 1.82) is 0 Å². The van der Waals surface area contributed by atoms with Crippen molar-refractivity contribution < 1.29 is 25.2 Å². The molecule has 0 fully saturated rings. The highest BCUT2D eigenvalue weighted by Gasteiger charge is 2.18. The van der Waals surface area contributed by atoms with Gasteiger partial charge >= 0.3 is 0 Å². The van der Waals surface area contributed by atoms with Crippen LogP contribution in [0.5, 0.6) is 0 Å². The summed E-state index contributed by atoms with van der Waals surface area (Å²) in [6.07, 6.45) is 54.5. The molecule has 0 aliphatic rings. The molecular formula is C53H108N2O5. The van der Waals surface area contributed by atoms with Crippen molar-refractivity contribution in [2.45, 2.75) is 296 Å². The topological polar surface area (TPSA) is 136 Å². The molecule has 0 unspecified atom stereocenters. The Kier molecular flexibility index (Phi) is 56.6. The molecule has 0 saturated carbocycles. The Labute approximate surface area is 375 Å². The van der Waals surface area contributed by atoms with Crippen LogP contribution in [0.2, 0.25) is 0 Å². The Bertz CT molecular complexity index is 868. The van der Waals surface area contributed by atoms with Crippen LogP contribution in [0, 0.1) is 0 Å². The molecule has 0 bridgehead atoms. The zero-order valence-corrected chi connectivity index (χ0v) is 39.7. The van der Waals surface area contributed by atoms with E-state index in [0.29, 0.717) is 6.42 Å². The Morgan fingerprint density at radius 1 is 0.450 bits per heavy atom. The van der Waals surface area contributed by atoms with Gasteiger partial charge < -0.3 is 31.5 Å². The largest absolute Gasteiger partial charge is 0.395 e. The molecule has 360 valence electrons. The minimum atomic E-state index is -0.830. The summed E-state index contributed by atoms with van der Waals surface area (Å²) in [6, 6.07) is -1.17. The Morgan fingerprint density at radius 2 is 0.733 bits per heavy atom. The molecular weight excluding hydrogens is 745 g/mol. The molecule has 0 rings (SSSR count). The number of aliphatic hydroxyl groups excluding tert-OH is 4. The molecule has 0 aromatic rings. The molecule has 0 spiro atoms. The molecule has 4 atom stereocenters. The van der Waals surface area contributed by atoms with Crippen molar-refractivity contribution in [3.63, 3.8) is 0 Å². The number of carbonyl (C=O) groups excluding carboxylic acids is 1. The van der Waals surface area contributed by atoms with Gasteiger partial charge in [-0.1, -0.05) is 258 Å². The van der Waals surface area contributed by atoms with Crippen LogP contribution in [0.15, 0.2) is 24.3 Å². The first kappa shape index (κ1) is 63.0. The molecule has 0 heterocycles. The van der Waals surface area contributed by atoms with Crippen LogP contribution in [0.3, 0.4) is 0 Å². The van der Waals surface area contributed by atoms with E-state index in [0.717, 1.165) is 32.1 Å². The van der Waals surface area contributed by atoms with Crippen LogP contribution in [-0.2, 0) is 4.79 Å². The monoisotopic (exact) mass is 853 g/mol. The van der Waals surface area contributed by atoms with Crippen LogP contribution in [0.1, 0.15) is 272 Å². The molecule has 0 radical (unpaired) electrons. The Balaban J connectivity index is -0.00000125. The average Bonchev–Trinajstić information content (AvgIpc) is 3.24. The first-order valence-electron chi connectivity index (χ1n) is 25.8. The quantitative estimate of drug-likeness (QED) is 0.0267. The van der Waals surface area contributed by atoms with Crippen molar-refractivity contribution >= 4 is 5.91 Å². The number of amides is 1. The minimum Gasteiger partial charge on any atom is -0.395 e. The first-order valence-corrected chi connectivity index (χ1v) is 25.8. The number of allylic oxidation sites excluding steroid dienone is 2. The lowest BCUT2D eigenvalue weighted by molar-refractivity contribution is -0.123. The van der Waals surface area contributed by atoms with Gasteiger partial charge in [-0.3, -0.25) is 4.79 Å². The van der Waals surface area contributed by atoms with Gasteiger partial charge in [0.15, 0.2) is 0 Å². The molecule has 7 N–H and O–H groups in total. The number of hydrogen-bond donors (Lipinski definition) is 6. The van der Waals surface area contributed by atoms with Gasteiger partial charge in [-0.05, 0) is 32.1 Å². The predicted molar refractivity (Wildman–Crippen MR) is 264 cm³/mol. The van der Waals surface area contributed by atoms with E-state index in [2.05, 4.69) is 26.1 Å². The highest BCUT2D eigenvalue weighted by atomic mass is 16.3. The smallest absolute Gasteiger partial charge is 0.220 e. The fraction of sp³-hybridized carbons (Fsp3) is 0.906. The molecule has 0 aliphatic heterocycles. The summed E-state index contributed by atoms with van der Waals surface area (Å²) in [5.41, 5.74) is 5.51. The fourth-order valence-corrected chi connectivity index (χ4v) is 7.53. The van der Waals surface area contributed by atoms with Gasteiger partial charge in [0.05, 0.1) is 37.5 Å². The van der Waals surface area contributed by atoms with Crippen LogP contribution >= 0.6 is 0 Å². The molecule has 7 nitrogen and oxygen atoms in total. The van der Waals surface area contributed by atoms with Crippen LogP contribution < -0.4 is 11.1 Å². The standard InChI is InChI=1S/C34H67NO3.C18H37NO2.CH4/c1-3-5-7-9-11-13-15-17-19-21-23-25-27-29-33(37)32(31-36)35-34(38)30-28-26-24-22-20-18-16-14-12-10-8-6-4-2;1-2-3-4-5-6-7-8-9-10-11-12-13-14-15-18(21)17(19)16-20;/h27,29,32-33,36-37H,3-26,28,30-31H2,1-2H3,(H,35,38);14-15,17-18,20-21H,2-13,16,19H2,1H3;1H4/b29-27+;15-14+;/t32-,33+;17-,18+;/m00./s1. The van der Waals surface area contributed by atoms with Gasteiger partial charge in [-0.15, -0.1) is 0 Å². The number of unbranched alkanes of at least 4 members (excludes halogenated alkanes) is 34. The zero-order valence-electron chi connectivity index (χ0n) is 39.7. The van der Waals surface area contributed by atoms with E-state index < -0.39 is 24.3 Å².